The molecule has 0 aliphatic rings. The molecular weight excluding hydrogens is 295 g/mol. The average Bonchev–Trinajstić information content (AvgIpc) is 3.00. The molecule has 0 aliphatic heterocycles. The zero-order valence-electron chi connectivity index (χ0n) is 11.9. The SMILES string of the molecule is O=c1cc(-c2cccc(F)c2)nc2cc(-c3ccccn3)[nH]n12. The van der Waals surface area contributed by atoms with Crippen molar-refractivity contribution >= 4 is 5.65 Å². The van der Waals surface area contributed by atoms with Crippen LogP contribution in [0.5, 0.6) is 0 Å². The van der Waals surface area contributed by atoms with E-state index in [2.05, 4.69) is 15.1 Å². The maximum Gasteiger partial charge on any atom is 0.273 e. The molecule has 4 aromatic rings. The van der Waals surface area contributed by atoms with Crippen molar-refractivity contribution in [2.75, 3.05) is 0 Å². The van der Waals surface area contributed by atoms with Crippen molar-refractivity contribution < 1.29 is 4.39 Å². The van der Waals surface area contributed by atoms with E-state index in [0.717, 1.165) is 0 Å². The van der Waals surface area contributed by atoms with Crippen molar-refractivity contribution in [1.29, 1.82) is 0 Å². The van der Waals surface area contributed by atoms with Crippen LogP contribution in [0.2, 0.25) is 0 Å². The zero-order valence-corrected chi connectivity index (χ0v) is 11.9. The molecule has 6 heteroatoms. The van der Waals surface area contributed by atoms with Gasteiger partial charge < -0.3 is 0 Å². The summed E-state index contributed by atoms with van der Waals surface area (Å²) in [5, 5.41) is 2.98. The van der Waals surface area contributed by atoms with Crippen molar-refractivity contribution in [3.63, 3.8) is 0 Å². The molecule has 0 saturated heterocycles. The van der Waals surface area contributed by atoms with Crippen LogP contribution >= 0.6 is 0 Å². The van der Waals surface area contributed by atoms with Crippen molar-refractivity contribution in [1.82, 2.24) is 19.6 Å². The Morgan fingerprint density at radius 3 is 2.70 bits per heavy atom. The molecule has 0 unspecified atom stereocenters. The molecule has 1 N–H and O–H groups in total. The van der Waals surface area contributed by atoms with Gasteiger partial charge >= 0.3 is 0 Å². The normalized spacial score (nSPS) is 11.0. The maximum absolute atomic E-state index is 13.4. The standard InChI is InChI=1S/C17H11FN4O/c18-12-5-3-4-11(8-12)14-10-17(23)22-16(20-14)9-15(21-22)13-6-1-2-7-19-13/h1-10,21H. The number of H-pyrrole nitrogens is 1. The minimum atomic E-state index is -0.368. The lowest BCUT2D eigenvalue weighted by molar-refractivity contribution is 0.628. The van der Waals surface area contributed by atoms with Crippen LogP contribution in [-0.2, 0) is 0 Å². The first-order valence-corrected chi connectivity index (χ1v) is 7.01. The van der Waals surface area contributed by atoms with Gasteiger partial charge in [0, 0.05) is 23.9 Å². The minimum Gasteiger partial charge on any atom is -0.287 e. The van der Waals surface area contributed by atoms with Crippen LogP contribution in [0.3, 0.4) is 0 Å². The molecule has 112 valence electrons. The fraction of sp³-hybridized carbons (Fsp3) is 0. The van der Waals surface area contributed by atoms with Crippen LogP contribution in [0.15, 0.2) is 65.6 Å². The van der Waals surface area contributed by atoms with Gasteiger partial charge in [-0.2, -0.15) is 0 Å². The Bertz CT molecular complexity index is 1050. The van der Waals surface area contributed by atoms with E-state index in [4.69, 9.17) is 0 Å². The van der Waals surface area contributed by atoms with Gasteiger partial charge in [0.1, 0.15) is 5.82 Å². The van der Waals surface area contributed by atoms with Crippen molar-refractivity contribution in [2.45, 2.75) is 0 Å². The Morgan fingerprint density at radius 1 is 1.00 bits per heavy atom. The molecule has 0 saturated carbocycles. The quantitative estimate of drug-likeness (QED) is 0.619. The van der Waals surface area contributed by atoms with Crippen LogP contribution in [-0.4, -0.2) is 19.6 Å². The highest BCUT2D eigenvalue weighted by molar-refractivity contribution is 5.65. The largest absolute Gasteiger partial charge is 0.287 e. The van der Waals surface area contributed by atoms with Crippen LogP contribution < -0.4 is 5.56 Å². The highest BCUT2D eigenvalue weighted by Gasteiger charge is 2.10. The number of halogens is 1. The van der Waals surface area contributed by atoms with E-state index in [1.54, 1.807) is 24.4 Å². The lowest BCUT2D eigenvalue weighted by Crippen LogP contribution is -2.14. The Kier molecular flexibility index (Phi) is 3.01. The summed E-state index contributed by atoms with van der Waals surface area (Å²) in [5.74, 6) is -0.368. The van der Waals surface area contributed by atoms with E-state index >= 15 is 0 Å². The van der Waals surface area contributed by atoms with E-state index in [1.807, 2.05) is 18.2 Å². The number of hydrogen-bond donors (Lipinski definition) is 1. The fourth-order valence-electron chi connectivity index (χ4n) is 2.44. The molecule has 0 amide bonds. The van der Waals surface area contributed by atoms with Crippen LogP contribution in [0.25, 0.3) is 28.3 Å². The summed E-state index contributed by atoms with van der Waals surface area (Å²) in [4.78, 5) is 21.0. The number of nitrogens with one attached hydrogen (secondary N) is 1. The number of aromatic nitrogens is 4. The molecule has 0 spiro atoms. The van der Waals surface area contributed by atoms with Gasteiger partial charge in [0.05, 0.1) is 17.1 Å². The molecule has 0 atom stereocenters. The average molecular weight is 306 g/mol. The first-order chi connectivity index (χ1) is 11.2. The first kappa shape index (κ1) is 13.4. The number of fused-ring (bicyclic) bond motifs is 1. The minimum absolute atomic E-state index is 0.267. The van der Waals surface area contributed by atoms with Gasteiger partial charge in [-0.3, -0.25) is 14.9 Å². The smallest absolute Gasteiger partial charge is 0.273 e. The Labute approximate surface area is 130 Å². The number of pyridine rings is 1. The monoisotopic (exact) mass is 306 g/mol. The Morgan fingerprint density at radius 2 is 1.91 bits per heavy atom. The number of benzene rings is 1. The molecule has 23 heavy (non-hydrogen) atoms. The third-order valence-corrected chi connectivity index (χ3v) is 3.51. The van der Waals surface area contributed by atoms with Crippen LogP contribution in [0.1, 0.15) is 0 Å². The summed E-state index contributed by atoms with van der Waals surface area (Å²) in [6.07, 6.45) is 1.68. The van der Waals surface area contributed by atoms with E-state index in [0.29, 0.717) is 28.3 Å². The fourth-order valence-corrected chi connectivity index (χ4v) is 2.44. The van der Waals surface area contributed by atoms with Gasteiger partial charge in [0.15, 0.2) is 5.65 Å². The predicted molar refractivity (Wildman–Crippen MR) is 84.4 cm³/mol. The van der Waals surface area contributed by atoms with Crippen LogP contribution in [0.4, 0.5) is 4.39 Å². The summed E-state index contributed by atoms with van der Waals surface area (Å²) in [6, 6.07) is 14.6. The summed E-state index contributed by atoms with van der Waals surface area (Å²) < 4.78 is 14.7. The van der Waals surface area contributed by atoms with E-state index in [9.17, 15) is 9.18 Å². The number of hydrogen-bond acceptors (Lipinski definition) is 3. The molecular formula is C17H11FN4O. The topological polar surface area (TPSA) is 63.0 Å². The summed E-state index contributed by atoms with van der Waals surface area (Å²) in [6.45, 7) is 0. The van der Waals surface area contributed by atoms with E-state index < -0.39 is 0 Å². The molecule has 0 fully saturated rings. The molecule has 0 aliphatic carbocycles. The molecule has 0 bridgehead atoms. The molecule has 4 rings (SSSR count). The number of rotatable bonds is 2. The first-order valence-electron chi connectivity index (χ1n) is 7.01. The van der Waals surface area contributed by atoms with Crippen molar-refractivity contribution in [3.05, 3.63) is 77.0 Å². The Balaban J connectivity index is 1.89. The number of aromatic amines is 1. The van der Waals surface area contributed by atoms with Gasteiger partial charge in [-0.25, -0.2) is 13.9 Å². The second-order valence-corrected chi connectivity index (χ2v) is 5.07. The third-order valence-electron chi connectivity index (χ3n) is 3.51. The van der Waals surface area contributed by atoms with Crippen molar-refractivity contribution in [2.24, 2.45) is 0 Å². The number of nitrogens with zero attached hydrogens (tertiary/aromatic N) is 3. The maximum atomic E-state index is 13.4. The molecule has 0 radical (unpaired) electrons. The second kappa shape index (κ2) is 5.17. The summed E-state index contributed by atoms with van der Waals surface area (Å²) in [5.41, 5.74) is 2.58. The third kappa shape index (κ3) is 2.40. The second-order valence-electron chi connectivity index (χ2n) is 5.07. The van der Waals surface area contributed by atoms with Gasteiger partial charge in [-0.15, -0.1) is 0 Å². The van der Waals surface area contributed by atoms with Gasteiger partial charge in [-0.05, 0) is 24.3 Å². The van der Waals surface area contributed by atoms with Crippen molar-refractivity contribution in [3.8, 4) is 22.6 Å². The Hall–Kier alpha value is -3.28. The van der Waals surface area contributed by atoms with Gasteiger partial charge in [0.25, 0.3) is 5.56 Å². The van der Waals surface area contributed by atoms with Gasteiger partial charge in [-0.1, -0.05) is 18.2 Å². The lowest BCUT2D eigenvalue weighted by atomic mass is 10.1. The molecule has 1 aromatic carbocycles. The van der Waals surface area contributed by atoms with E-state index in [-0.39, 0.29) is 11.4 Å². The summed E-state index contributed by atoms with van der Waals surface area (Å²) >= 11 is 0. The highest BCUT2D eigenvalue weighted by Crippen LogP contribution is 2.19. The summed E-state index contributed by atoms with van der Waals surface area (Å²) in [7, 11) is 0. The van der Waals surface area contributed by atoms with E-state index in [1.165, 1.54) is 22.7 Å². The molecule has 3 aromatic heterocycles. The molecule has 5 nitrogen and oxygen atoms in total. The zero-order chi connectivity index (χ0) is 15.8. The highest BCUT2D eigenvalue weighted by atomic mass is 19.1. The van der Waals surface area contributed by atoms with Gasteiger partial charge in [0.2, 0.25) is 0 Å². The predicted octanol–water partition coefficient (Wildman–Crippen LogP) is 2.89. The molecule has 3 heterocycles. The van der Waals surface area contributed by atoms with Crippen LogP contribution in [0, 0.1) is 5.82 Å². The lowest BCUT2D eigenvalue weighted by Gasteiger charge is -2.01.